The summed E-state index contributed by atoms with van der Waals surface area (Å²) in [5, 5.41) is 0. The van der Waals surface area contributed by atoms with E-state index in [1.807, 2.05) is 12.1 Å². The van der Waals surface area contributed by atoms with Gasteiger partial charge in [-0.15, -0.1) is 12.4 Å². The van der Waals surface area contributed by atoms with Crippen LogP contribution in [0.5, 0.6) is 11.5 Å². The van der Waals surface area contributed by atoms with Gasteiger partial charge in [-0.05, 0) is 30.8 Å². The molecule has 98 valence electrons. The molecule has 17 heavy (non-hydrogen) atoms. The van der Waals surface area contributed by atoms with E-state index in [2.05, 4.69) is 24.8 Å². The highest BCUT2D eigenvalue weighted by molar-refractivity contribution is 5.85. The predicted molar refractivity (Wildman–Crippen MR) is 73.4 cm³/mol. The summed E-state index contributed by atoms with van der Waals surface area (Å²) in [4.78, 5) is 2.36. The Morgan fingerprint density at radius 1 is 1.00 bits per heavy atom. The normalized spacial score (nSPS) is 9.94. The van der Waals surface area contributed by atoms with Gasteiger partial charge in [0.15, 0.2) is 11.5 Å². The third kappa shape index (κ3) is 4.44. The second-order valence-electron chi connectivity index (χ2n) is 3.65. The van der Waals surface area contributed by atoms with E-state index in [0.717, 1.165) is 31.1 Å². The summed E-state index contributed by atoms with van der Waals surface area (Å²) in [7, 11) is 3.32. The van der Waals surface area contributed by atoms with Crippen LogP contribution >= 0.6 is 12.4 Å². The van der Waals surface area contributed by atoms with Crippen LogP contribution in [0, 0.1) is 0 Å². The van der Waals surface area contributed by atoms with Crippen LogP contribution in [-0.4, -0.2) is 32.2 Å². The Balaban J connectivity index is 0.00000256. The zero-order valence-corrected chi connectivity index (χ0v) is 11.8. The van der Waals surface area contributed by atoms with Crippen LogP contribution in [-0.2, 0) is 6.54 Å². The monoisotopic (exact) mass is 259 g/mol. The minimum absolute atomic E-state index is 0. The Labute approximate surface area is 110 Å². The maximum atomic E-state index is 5.28. The number of hydrogen-bond acceptors (Lipinski definition) is 3. The second-order valence-corrected chi connectivity index (χ2v) is 3.65. The van der Waals surface area contributed by atoms with E-state index in [9.17, 15) is 0 Å². The number of ether oxygens (including phenoxy) is 2. The van der Waals surface area contributed by atoms with Gasteiger partial charge in [-0.1, -0.05) is 19.9 Å². The Hall–Kier alpha value is -0.930. The van der Waals surface area contributed by atoms with E-state index in [-0.39, 0.29) is 12.4 Å². The lowest BCUT2D eigenvalue weighted by Crippen LogP contribution is -2.22. The molecule has 0 heterocycles. The van der Waals surface area contributed by atoms with Crippen molar-refractivity contribution in [1.29, 1.82) is 0 Å². The van der Waals surface area contributed by atoms with Crippen LogP contribution in [0.4, 0.5) is 0 Å². The number of hydrogen-bond donors (Lipinski definition) is 0. The van der Waals surface area contributed by atoms with E-state index in [4.69, 9.17) is 9.47 Å². The Morgan fingerprint density at radius 2 is 1.59 bits per heavy atom. The quantitative estimate of drug-likeness (QED) is 0.784. The summed E-state index contributed by atoms with van der Waals surface area (Å²) in [6.07, 6.45) is 0. The van der Waals surface area contributed by atoms with Crippen molar-refractivity contribution in [2.45, 2.75) is 20.4 Å². The number of rotatable bonds is 6. The Bertz CT molecular complexity index is 327. The van der Waals surface area contributed by atoms with Crippen molar-refractivity contribution in [3.63, 3.8) is 0 Å². The van der Waals surface area contributed by atoms with Crippen LogP contribution in [0.15, 0.2) is 18.2 Å². The number of halogens is 1. The van der Waals surface area contributed by atoms with Crippen LogP contribution in [0.2, 0.25) is 0 Å². The summed E-state index contributed by atoms with van der Waals surface area (Å²) in [5.41, 5.74) is 1.25. The Kier molecular flexibility index (Phi) is 7.75. The van der Waals surface area contributed by atoms with Gasteiger partial charge >= 0.3 is 0 Å². The van der Waals surface area contributed by atoms with Gasteiger partial charge in [-0.2, -0.15) is 0 Å². The van der Waals surface area contributed by atoms with Gasteiger partial charge in [0, 0.05) is 6.54 Å². The summed E-state index contributed by atoms with van der Waals surface area (Å²) >= 11 is 0. The van der Waals surface area contributed by atoms with Crippen molar-refractivity contribution in [1.82, 2.24) is 4.90 Å². The standard InChI is InChI=1S/C13H21NO2.ClH/c1-5-14(6-2)10-11-7-8-12(15-3)13(9-11)16-4;/h7-9H,5-6,10H2,1-4H3;1H. The SMILES string of the molecule is CCN(CC)Cc1ccc(OC)c(OC)c1.Cl. The fourth-order valence-corrected chi connectivity index (χ4v) is 1.68. The molecule has 1 aromatic carbocycles. The van der Waals surface area contributed by atoms with E-state index in [1.54, 1.807) is 14.2 Å². The van der Waals surface area contributed by atoms with Gasteiger partial charge in [-0.25, -0.2) is 0 Å². The summed E-state index contributed by atoms with van der Waals surface area (Å²) in [5.74, 6) is 1.58. The van der Waals surface area contributed by atoms with Gasteiger partial charge in [0.05, 0.1) is 14.2 Å². The lowest BCUT2D eigenvalue weighted by atomic mass is 10.2. The molecule has 0 atom stereocenters. The smallest absolute Gasteiger partial charge is 0.161 e. The average Bonchev–Trinajstić information content (AvgIpc) is 2.35. The summed E-state index contributed by atoms with van der Waals surface area (Å²) in [6, 6.07) is 6.08. The zero-order valence-electron chi connectivity index (χ0n) is 11.0. The van der Waals surface area contributed by atoms with Crippen LogP contribution < -0.4 is 9.47 Å². The molecule has 0 amide bonds. The fourth-order valence-electron chi connectivity index (χ4n) is 1.68. The second kappa shape index (κ2) is 8.20. The molecule has 0 saturated heterocycles. The molecule has 0 aliphatic rings. The van der Waals surface area contributed by atoms with E-state index in [1.165, 1.54) is 5.56 Å². The molecular formula is C13H22ClNO2. The van der Waals surface area contributed by atoms with Gasteiger partial charge in [0.25, 0.3) is 0 Å². The fraction of sp³-hybridized carbons (Fsp3) is 0.538. The summed E-state index contributed by atoms with van der Waals surface area (Å²) < 4.78 is 10.5. The average molecular weight is 260 g/mol. The van der Waals surface area contributed by atoms with Crippen molar-refractivity contribution < 1.29 is 9.47 Å². The molecular weight excluding hydrogens is 238 g/mol. The first-order valence-corrected chi connectivity index (χ1v) is 5.68. The lowest BCUT2D eigenvalue weighted by Gasteiger charge is -2.18. The molecule has 0 aliphatic heterocycles. The number of nitrogens with zero attached hydrogens (tertiary/aromatic N) is 1. The highest BCUT2D eigenvalue weighted by Crippen LogP contribution is 2.27. The number of benzene rings is 1. The minimum atomic E-state index is 0. The maximum absolute atomic E-state index is 5.28. The number of methoxy groups -OCH3 is 2. The van der Waals surface area contributed by atoms with Crippen LogP contribution in [0.25, 0.3) is 0 Å². The van der Waals surface area contributed by atoms with Crippen molar-refractivity contribution in [2.75, 3.05) is 27.3 Å². The minimum Gasteiger partial charge on any atom is -0.493 e. The molecule has 0 aromatic heterocycles. The first-order chi connectivity index (χ1) is 7.74. The van der Waals surface area contributed by atoms with Crippen LogP contribution in [0.3, 0.4) is 0 Å². The molecule has 1 rings (SSSR count). The maximum Gasteiger partial charge on any atom is 0.161 e. The third-order valence-electron chi connectivity index (χ3n) is 2.75. The molecule has 0 fully saturated rings. The molecule has 0 aliphatic carbocycles. The van der Waals surface area contributed by atoms with Gasteiger partial charge in [0.2, 0.25) is 0 Å². The van der Waals surface area contributed by atoms with Crippen molar-refractivity contribution in [3.05, 3.63) is 23.8 Å². The van der Waals surface area contributed by atoms with Gasteiger partial charge < -0.3 is 9.47 Å². The topological polar surface area (TPSA) is 21.7 Å². The van der Waals surface area contributed by atoms with Gasteiger partial charge in [0.1, 0.15) is 0 Å². The van der Waals surface area contributed by atoms with Crippen molar-refractivity contribution in [3.8, 4) is 11.5 Å². The highest BCUT2D eigenvalue weighted by Gasteiger charge is 2.06. The molecule has 0 bridgehead atoms. The molecule has 0 N–H and O–H groups in total. The van der Waals surface area contributed by atoms with E-state index < -0.39 is 0 Å². The predicted octanol–water partition coefficient (Wildman–Crippen LogP) is 2.97. The molecule has 0 unspecified atom stereocenters. The van der Waals surface area contributed by atoms with Crippen molar-refractivity contribution in [2.24, 2.45) is 0 Å². The molecule has 1 aromatic rings. The van der Waals surface area contributed by atoms with Crippen molar-refractivity contribution >= 4 is 12.4 Å². The zero-order chi connectivity index (χ0) is 12.0. The molecule has 0 radical (unpaired) electrons. The van der Waals surface area contributed by atoms with Gasteiger partial charge in [-0.3, -0.25) is 4.90 Å². The molecule has 3 nitrogen and oxygen atoms in total. The largest absolute Gasteiger partial charge is 0.493 e. The third-order valence-corrected chi connectivity index (χ3v) is 2.75. The lowest BCUT2D eigenvalue weighted by molar-refractivity contribution is 0.294. The van der Waals surface area contributed by atoms with E-state index in [0.29, 0.717) is 0 Å². The Morgan fingerprint density at radius 3 is 2.06 bits per heavy atom. The highest BCUT2D eigenvalue weighted by atomic mass is 35.5. The molecule has 0 spiro atoms. The first kappa shape index (κ1) is 16.1. The summed E-state index contributed by atoms with van der Waals surface area (Å²) in [6.45, 7) is 7.41. The van der Waals surface area contributed by atoms with E-state index >= 15 is 0 Å². The molecule has 0 saturated carbocycles. The molecule has 4 heteroatoms. The first-order valence-electron chi connectivity index (χ1n) is 5.68. The van der Waals surface area contributed by atoms with Crippen LogP contribution in [0.1, 0.15) is 19.4 Å².